The second-order valence-electron chi connectivity index (χ2n) is 3.20. The van der Waals surface area contributed by atoms with Gasteiger partial charge >= 0.3 is 5.97 Å². The normalized spacial score (nSPS) is 10.5. The van der Waals surface area contributed by atoms with Gasteiger partial charge < -0.3 is 10.1 Å². The molecule has 0 saturated carbocycles. The first kappa shape index (κ1) is 12.4. The van der Waals surface area contributed by atoms with Crippen LogP contribution in [0.1, 0.15) is 10.4 Å². The summed E-state index contributed by atoms with van der Waals surface area (Å²) >= 11 is 13.1. The van der Waals surface area contributed by atoms with Gasteiger partial charge in [-0.05, 0) is 24.3 Å². The molecule has 2 N–H and O–H groups in total. The van der Waals surface area contributed by atoms with Crippen LogP contribution in [0.5, 0.6) is 0 Å². The van der Waals surface area contributed by atoms with E-state index in [4.69, 9.17) is 28.3 Å². The molecule has 1 aromatic heterocycles. The van der Waals surface area contributed by atoms with E-state index in [1.54, 1.807) is 24.4 Å². The van der Waals surface area contributed by atoms with Crippen LogP contribution in [0, 0.1) is 0 Å². The van der Waals surface area contributed by atoms with Crippen molar-refractivity contribution in [2.45, 2.75) is 9.92 Å². The first-order valence-electron chi connectivity index (χ1n) is 4.61. The van der Waals surface area contributed by atoms with Crippen LogP contribution in [0.25, 0.3) is 0 Å². The van der Waals surface area contributed by atoms with E-state index in [-0.39, 0.29) is 5.56 Å². The average Bonchev–Trinajstić information content (AvgIpc) is 2.70. The molecule has 0 saturated heterocycles. The first-order chi connectivity index (χ1) is 8.08. The largest absolute Gasteiger partial charge is 0.478 e. The number of nitrogens with one attached hydrogen (secondary N) is 1. The monoisotopic (exact) mass is 287 g/mol. The number of aromatic amines is 1. The van der Waals surface area contributed by atoms with Gasteiger partial charge in [0.05, 0.1) is 15.6 Å². The number of rotatable bonds is 3. The zero-order valence-corrected chi connectivity index (χ0v) is 10.7. The van der Waals surface area contributed by atoms with Gasteiger partial charge in [0, 0.05) is 16.1 Å². The fourth-order valence-corrected chi connectivity index (χ4v) is 2.70. The highest BCUT2D eigenvalue weighted by Crippen LogP contribution is 2.35. The predicted octanol–water partition coefficient (Wildman–Crippen LogP) is 4.17. The Kier molecular flexibility index (Phi) is 3.66. The molecule has 1 heterocycles. The second-order valence-corrected chi connectivity index (χ2v) is 5.10. The zero-order valence-electron chi connectivity index (χ0n) is 8.41. The summed E-state index contributed by atoms with van der Waals surface area (Å²) < 4.78 is 0. The SMILES string of the molecule is O=C(O)c1cc[nH]c1Sc1ccc(Cl)cc1Cl. The van der Waals surface area contributed by atoms with E-state index in [1.807, 2.05) is 0 Å². The van der Waals surface area contributed by atoms with Gasteiger partial charge in [0.2, 0.25) is 0 Å². The zero-order chi connectivity index (χ0) is 12.4. The molecule has 0 spiro atoms. The van der Waals surface area contributed by atoms with Crippen molar-refractivity contribution in [2.75, 3.05) is 0 Å². The van der Waals surface area contributed by atoms with Crippen LogP contribution in [0.3, 0.4) is 0 Å². The van der Waals surface area contributed by atoms with Crippen molar-refractivity contribution in [2.24, 2.45) is 0 Å². The fraction of sp³-hybridized carbons (Fsp3) is 0. The van der Waals surface area contributed by atoms with Crippen molar-refractivity contribution in [1.82, 2.24) is 4.98 Å². The molecular weight excluding hydrogens is 281 g/mol. The number of aromatic carboxylic acids is 1. The third kappa shape index (κ3) is 2.77. The van der Waals surface area contributed by atoms with Gasteiger partial charge in [-0.15, -0.1) is 0 Å². The summed E-state index contributed by atoms with van der Waals surface area (Å²) in [5, 5.41) is 10.5. The Morgan fingerprint density at radius 1 is 1.29 bits per heavy atom. The van der Waals surface area contributed by atoms with Crippen LogP contribution in [0.15, 0.2) is 40.4 Å². The molecule has 88 valence electrons. The minimum atomic E-state index is -0.973. The molecule has 0 fully saturated rings. The van der Waals surface area contributed by atoms with E-state index in [0.29, 0.717) is 15.1 Å². The highest BCUT2D eigenvalue weighted by Gasteiger charge is 2.13. The lowest BCUT2D eigenvalue weighted by Gasteiger charge is -2.04. The number of carboxylic acid groups (broad SMARTS) is 1. The molecule has 0 unspecified atom stereocenters. The van der Waals surface area contributed by atoms with Crippen LogP contribution in [0.2, 0.25) is 10.0 Å². The molecule has 17 heavy (non-hydrogen) atoms. The maximum Gasteiger partial charge on any atom is 0.338 e. The topological polar surface area (TPSA) is 53.1 Å². The fourth-order valence-electron chi connectivity index (χ4n) is 1.27. The van der Waals surface area contributed by atoms with Gasteiger partial charge in [-0.2, -0.15) is 0 Å². The molecule has 0 amide bonds. The van der Waals surface area contributed by atoms with Gasteiger partial charge in [0.1, 0.15) is 0 Å². The molecule has 0 aliphatic rings. The Balaban J connectivity index is 2.31. The molecule has 6 heteroatoms. The molecule has 1 aromatic carbocycles. The average molecular weight is 288 g/mol. The number of carboxylic acids is 1. The molecule has 2 rings (SSSR count). The van der Waals surface area contributed by atoms with Gasteiger partial charge in [-0.3, -0.25) is 0 Å². The summed E-state index contributed by atoms with van der Waals surface area (Å²) in [5.41, 5.74) is 0.223. The Labute approximate surface area is 112 Å². The molecule has 3 nitrogen and oxygen atoms in total. The van der Waals surface area contributed by atoms with Gasteiger partial charge in [0.25, 0.3) is 0 Å². The smallest absolute Gasteiger partial charge is 0.338 e. The maximum absolute atomic E-state index is 10.9. The van der Waals surface area contributed by atoms with Crippen LogP contribution >= 0.6 is 35.0 Å². The molecule has 0 atom stereocenters. The lowest BCUT2D eigenvalue weighted by Crippen LogP contribution is -1.95. The highest BCUT2D eigenvalue weighted by molar-refractivity contribution is 7.99. The minimum Gasteiger partial charge on any atom is -0.478 e. The lowest BCUT2D eigenvalue weighted by atomic mass is 10.3. The van der Waals surface area contributed by atoms with Crippen molar-refractivity contribution in [1.29, 1.82) is 0 Å². The number of halogens is 2. The summed E-state index contributed by atoms with van der Waals surface area (Å²) in [5.74, 6) is -0.973. The molecule has 0 radical (unpaired) electrons. The Morgan fingerprint density at radius 2 is 2.06 bits per heavy atom. The van der Waals surface area contributed by atoms with E-state index < -0.39 is 5.97 Å². The quantitative estimate of drug-likeness (QED) is 0.891. The third-order valence-corrected chi connectivity index (χ3v) is 3.82. The van der Waals surface area contributed by atoms with Crippen molar-refractivity contribution in [3.63, 3.8) is 0 Å². The number of hydrogen-bond donors (Lipinski definition) is 2. The minimum absolute atomic E-state index is 0.223. The number of benzene rings is 1. The van der Waals surface area contributed by atoms with Crippen LogP contribution in [-0.2, 0) is 0 Å². The highest BCUT2D eigenvalue weighted by atomic mass is 35.5. The lowest BCUT2D eigenvalue weighted by molar-refractivity contribution is 0.0693. The summed E-state index contributed by atoms with van der Waals surface area (Å²) in [7, 11) is 0. The number of aromatic nitrogens is 1. The van der Waals surface area contributed by atoms with E-state index in [0.717, 1.165) is 4.90 Å². The van der Waals surface area contributed by atoms with Crippen molar-refractivity contribution >= 4 is 40.9 Å². The van der Waals surface area contributed by atoms with Crippen molar-refractivity contribution in [3.05, 3.63) is 46.1 Å². The predicted molar refractivity (Wildman–Crippen MR) is 68.3 cm³/mol. The van der Waals surface area contributed by atoms with Gasteiger partial charge in [-0.25, -0.2) is 4.79 Å². The molecule has 0 aliphatic heterocycles. The van der Waals surface area contributed by atoms with Crippen LogP contribution in [-0.4, -0.2) is 16.1 Å². The summed E-state index contributed by atoms with van der Waals surface area (Å²) in [6, 6.07) is 6.59. The summed E-state index contributed by atoms with van der Waals surface area (Å²) in [6.45, 7) is 0. The van der Waals surface area contributed by atoms with Crippen LogP contribution in [0.4, 0.5) is 0 Å². The second kappa shape index (κ2) is 5.04. The van der Waals surface area contributed by atoms with E-state index >= 15 is 0 Å². The van der Waals surface area contributed by atoms with Gasteiger partial charge in [-0.1, -0.05) is 35.0 Å². The molecule has 0 aliphatic carbocycles. The van der Waals surface area contributed by atoms with E-state index in [1.165, 1.54) is 17.8 Å². The van der Waals surface area contributed by atoms with E-state index in [9.17, 15) is 4.79 Å². The summed E-state index contributed by atoms with van der Waals surface area (Å²) in [6.07, 6.45) is 1.58. The van der Waals surface area contributed by atoms with Crippen molar-refractivity contribution < 1.29 is 9.90 Å². The van der Waals surface area contributed by atoms with Crippen molar-refractivity contribution in [3.8, 4) is 0 Å². The number of hydrogen-bond acceptors (Lipinski definition) is 2. The number of H-pyrrole nitrogens is 1. The molecule has 0 bridgehead atoms. The number of carbonyl (C=O) groups is 1. The Bertz CT molecular complexity index is 568. The molecule has 2 aromatic rings. The maximum atomic E-state index is 10.9. The Hall–Kier alpha value is -1.10. The summed E-state index contributed by atoms with van der Waals surface area (Å²) in [4.78, 5) is 14.5. The van der Waals surface area contributed by atoms with Gasteiger partial charge in [0.15, 0.2) is 0 Å². The van der Waals surface area contributed by atoms with Crippen LogP contribution < -0.4 is 0 Å². The Morgan fingerprint density at radius 3 is 2.71 bits per heavy atom. The standard InChI is InChI=1S/C11H7Cl2NO2S/c12-6-1-2-9(8(13)5-6)17-10-7(11(15)16)3-4-14-10/h1-5,14H,(H,15,16). The molecular formula is C11H7Cl2NO2S. The van der Waals surface area contributed by atoms with E-state index in [2.05, 4.69) is 4.98 Å². The first-order valence-corrected chi connectivity index (χ1v) is 6.19. The third-order valence-electron chi connectivity index (χ3n) is 2.05.